The molecule has 3 heteroatoms. The topological polar surface area (TPSA) is 40.5 Å². The van der Waals surface area contributed by atoms with Gasteiger partial charge in [0.25, 0.3) is 0 Å². The quantitative estimate of drug-likeness (QED) is 0.869. The van der Waals surface area contributed by atoms with Crippen LogP contribution in [0.25, 0.3) is 0 Å². The van der Waals surface area contributed by atoms with Gasteiger partial charge in [-0.1, -0.05) is 37.6 Å². The minimum absolute atomic E-state index is 0.174. The third kappa shape index (κ3) is 2.72. The first-order valence-corrected chi connectivity index (χ1v) is 6.67. The summed E-state index contributed by atoms with van der Waals surface area (Å²) in [4.78, 5) is 13.0. The second kappa shape index (κ2) is 5.53. The van der Waals surface area contributed by atoms with E-state index < -0.39 is 5.97 Å². The number of nitrogens with zero attached hydrogens (tertiary/aromatic N) is 1. The number of aryl methyl sites for hydroxylation is 1. The molecule has 0 aliphatic carbocycles. The first-order chi connectivity index (χ1) is 8.61. The molecule has 2 rings (SSSR count). The normalized spacial score (nSPS) is 18.3. The fraction of sp³-hybridized carbons (Fsp3) is 0.533. The van der Waals surface area contributed by atoms with Crippen LogP contribution in [0, 0.1) is 5.92 Å². The average Bonchev–Trinajstić information content (AvgIpc) is 2.27. The average molecular weight is 247 g/mol. The van der Waals surface area contributed by atoms with Crippen molar-refractivity contribution in [1.82, 2.24) is 4.90 Å². The Hall–Kier alpha value is -1.35. The molecular weight excluding hydrogens is 226 g/mol. The summed E-state index contributed by atoms with van der Waals surface area (Å²) >= 11 is 0. The van der Waals surface area contributed by atoms with E-state index in [0.29, 0.717) is 19.1 Å². The second-order valence-corrected chi connectivity index (χ2v) is 5.16. The summed E-state index contributed by atoms with van der Waals surface area (Å²) in [6, 6.07) is 9.03. The zero-order valence-electron chi connectivity index (χ0n) is 11.1. The van der Waals surface area contributed by atoms with Gasteiger partial charge in [0.15, 0.2) is 0 Å². The van der Waals surface area contributed by atoms with Gasteiger partial charge in [-0.15, -0.1) is 0 Å². The standard InChI is InChI=1S/C15H21NO2/c1-3-4-12-5-7-13(8-6-12)11(2)16-9-14(10-16)15(17)18/h5-8,11,14H,3-4,9-10H2,1-2H3,(H,17,18). The van der Waals surface area contributed by atoms with E-state index in [1.54, 1.807) is 0 Å². The first kappa shape index (κ1) is 13.1. The van der Waals surface area contributed by atoms with Gasteiger partial charge in [0, 0.05) is 19.1 Å². The highest BCUT2D eigenvalue weighted by molar-refractivity contribution is 5.71. The van der Waals surface area contributed by atoms with E-state index >= 15 is 0 Å². The summed E-state index contributed by atoms with van der Waals surface area (Å²) in [6.45, 7) is 5.68. The van der Waals surface area contributed by atoms with Crippen molar-refractivity contribution in [3.63, 3.8) is 0 Å². The smallest absolute Gasteiger partial charge is 0.309 e. The van der Waals surface area contributed by atoms with E-state index in [-0.39, 0.29) is 5.92 Å². The van der Waals surface area contributed by atoms with Gasteiger partial charge in [0.1, 0.15) is 0 Å². The van der Waals surface area contributed by atoms with Gasteiger partial charge < -0.3 is 5.11 Å². The Balaban J connectivity index is 1.93. The van der Waals surface area contributed by atoms with Crippen LogP contribution in [0.1, 0.15) is 37.4 Å². The van der Waals surface area contributed by atoms with Crippen LogP contribution in [-0.2, 0) is 11.2 Å². The Morgan fingerprint density at radius 1 is 1.39 bits per heavy atom. The molecule has 18 heavy (non-hydrogen) atoms. The van der Waals surface area contributed by atoms with Crippen LogP contribution in [0.15, 0.2) is 24.3 Å². The maximum atomic E-state index is 10.8. The van der Waals surface area contributed by atoms with E-state index in [2.05, 4.69) is 43.0 Å². The zero-order chi connectivity index (χ0) is 13.1. The van der Waals surface area contributed by atoms with Crippen LogP contribution in [-0.4, -0.2) is 29.1 Å². The Kier molecular flexibility index (Phi) is 4.02. The predicted molar refractivity (Wildman–Crippen MR) is 71.6 cm³/mol. The van der Waals surface area contributed by atoms with E-state index in [1.165, 1.54) is 17.5 Å². The Morgan fingerprint density at radius 2 is 2.00 bits per heavy atom. The van der Waals surface area contributed by atoms with Crippen LogP contribution in [0.4, 0.5) is 0 Å². The highest BCUT2D eigenvalue weighted by Crippen LogP contribution is 2.28. The maximum absolute atomic E-state index is 10.8. The number of carboxylic acid groups (broad SMARTS) is 1. The maximum Gasteiger partial charge on any atom is 0.309 e. The van der Waals surface area contributed by atoms with Crippen molar-refractivity contribution in [2.24, 2.45) is 5.92 Å². The van der Waals surface area contributed by atoms with Crippen LogP contribution in [0.2, 0.25) is 0 Å². The number of carbonyl (C=O) groups is 1. The van der Waals surface area contributed by atoms with Crippen molar-refractivity contribution in [2.45, 2.75) is 32.7 Å². The van der Waals surface area contributed by atoms with Crippen LogP contribution < -0.4 is 0 Å². The van der Waals surface area contributed by atoms with Crippen molar-refractivity contribution in [2.75, 3.05) is 13.1 Å². The lowest BCUT2D eigenvalue weighted by atomic mass is 9.94. The number of carboxylic acids is 1. The Morgan fingerprint density at radius 3 is 2.50 bits per heavy atom. The molecule has 1 N–H and O–H groups in total. The van der Waals surface area contributed by atoms with E-state index in [4.69, 9.17) is 5.11 Å². The number of benzene rings is 1. The molecule has 0 aromatic heterocycles. The number of hydrogen-bond acceptors (Lipinski definition) is 2. The van der Waals surface area contributed by atoms with Crippen molar-refractivity contribution < 1.29 is 9.90 Å². The van der Waals surface area contributed by atoms with Crippen LogP contribution in [0.5, 0.6) is 0 Å². The van der Waals surface area contributed by atoms with E-state index in [0.717, 1.165) is 6.42 Å². The van der Waals surface area contributed by atoms with Crippen LogP contribution >= 0.6 is 0 Å². The lowest BCUT2D eigenvalue weighted by Gasteiger charge is -2.41. The highest BCUT2D eigenvalue weighted by Gasteiger charge is 2.35. The molecule has 1 fully saturated rings. The molecule has 0 spiro atoms. The predicted octanol–water partition coefficient (Wildman–Crippen LogP) is 2.72. The largest absolute Gasteiger partial charge is 0.481 e. The minimum Gasteiger partial charge on any atom is -0.481 e. The molecule has 1 heterocycles. The summed E-state index contributed by atoms with van der Waals surface area (Å²) in [5.41, 5.74) is 2.65. The fourth-order valence-electron chi connectivity index (χ4n) is 2.45. The van der Waals surface area contributed by atoms with Gasteiger partial charge in [-0.05, 0) is 24.5 Å². The number of aliphatic carboxylic acids is 1. The summed E-state index contributed by atoms with van der Waals surface area (Å²) in [5, 5.41) is 8.87. The number of likely N-dealkylation sites (tertiary alicyclic amines) is 1. The van der Waals surface area contributed by atoms with Crippen molar-refractivity contribution in [3.05, 3.63) is 35.4 Å². The van der Waals surface area contributed by atoms with Crippen molar-refractivity contribution >= 4 is 5.97 Å². The highest BCUT2D eigenvalue weighted by atomic mass is 16.4. The van der Waals surface area contributed by atoms with Gasteiger partial charge in [0.2, 0.25) is 0 Å². The molecule has 1 saturated heterocycles. The molecular formula is C15H21NO2. The Bertz CT molecular complexity index is 407. The molecule has 0 bridgehead atoms. The third-order valence-corrected chi connectivity index (χ3v) is 3.81. The number of rotatable bonds is 5. The summed E-state index contributed by atoms with van der Waals surface area (Å²) in [6.07, 6.45) is 2.29. The van der Waals surface area contributed by atoms with Crippen molar-refractivity contribution in [1.29, 1.82) is 0 Å². The SMILES string of the molecule is CCCc1ccc(C(C)N2CC(C(=O)O)C2)cc1. The van der Waals surface area contributed by atoms with E-state index in [9.17, 15) is 4.79 Å². The lowest BCUT2D eigenvalue weighted by Crippen LogP contribution is -2.51. The second-order valence-electron chi connectivity index (χ2n) is 5.16. The molecule has 1 unspecified atom stereocenters. The lowest BCUT2D eigenvalue weighted by molar-refractivity contribution is -0.148. The molecule has 1 aromatic carbocycles. The molecule has 1 aliphatic rings. The molecule has 0 amide bonds. The zero-order valence-corrected chi connectivity index (χ0v) is 11.1. The van der Waals surface area contributed by atoms with Gasteiger partial charge in [-0.25, -0.2) is 0 Å². The molecule has 1 atom stereocenters. The van der Waals surface area contributed by atoms with Gasteiger partial charge in [0.05, 0.1) is 5.92 Å². The minimum atomic E-state index is -0.670. The summed E-state index contributed by atoms with van der Waals surface area (Å²) < 4.78 is 0. The molecule has 3 nitrogen and oxygen atoms in total. The molecule has 0 saturated carbocycles. The summed E-state index contributed by atoms with van der Waals surface area (Å²) in [5.74, 6) is -0.844. The first-order valence-electron chi connectivity index (χ1n) is 6.67. The monoisotopic (exact) mass is 247 g/mol. The molecule has 1 aromatic rings. The molecule has 98 valence electrons. The number of hydrogen-bond donors (Lipinski definition) is 1. The van der Waals surface area contributed by atoms with E-state index in [1.807, 2.05) is 0 Å². The van der Waals surface area contributed by atoms with Crippen molar-refractivity contribution in [3.8, 4) is 0 Å². The van der Waals surface area contributed by atoms with Gasteiger partial charge in [-0.3, -0.25) is 9.69 Å². The van der Waals surface area contributed by atoms with Gasteiger partial charge >= 0.3 is 5.97 Å². The van der Waals surface area contributed by atoms with Gasteiger partial charge in [-0.2, -0.15) is 0 Å². The molecule has 0 radical (unpaired) electrons. The van der Waals surface area contributed by atoms with Crippen LogP contribution in [0.3, 0.4) is 0 Å². The Labute approximate surface area is 108 Å². The third-order valence-electron chi connectivity index (χ3n) is 3.81. The summed E-state index contributed by atoms with van der Waals surface area (Å²) in [7, 11) is 0. The molecule has 1 aliphatic heterocycles. The fourth-order valence-corrected chi connectivity index (χ4v) is 2.45.